The van der Waals surface area contributed by atoms with Crippen molar-refractivity contribution in [2.45, 2.75) is 25.6 Å². The second kappa shape index (κ2) is 4.19. The molecule has 1 aromatic rings. The molecule has 98 valence electrons. The molecule has 6 heteroatoms. The number of nitrogens with zero attached hydrogens (tertiary/aromatic N) is 1. The first kappa shape index (κ1) is 12.7. The summed E-state index contributed by atoms with van der Waals surface area (Å²) in [7, 11) is 1.71. The van der Waals surface area contributed by atoms with Crippen LogP contribution in [-0.4, -0.2) is 19.0 Å². The van der Waals surface area contributed by atoms with E-state index in [1.54, 1.807) is 11.9 Å². The molecule has 1 N–H and O–H groups in total. The Morgan fingerprint density at radius 3 is 2.61 bits per heavy atom. The van der Waals surface area contributed by atoms with Gasteiger partial charge in [-0.2, -0.15) is 13.2 Å². The first-order chi connectivity index (χ1) is 8.34. The van der Waals surface area contributed by atoms with E-state index in [-0.39, 0.29) is 17.6 Å². The predicted octanol–water partition coefficient (Wildman–Crippen LogP) is 2.87. The summed E-state index contributed by atoms with van der Waals surface area (Å²) in [5.74, 6) is -0.271. The highest BCUT2D eigenvalue weighted by molar-refractivity contribution is 6.03. The van der Waals surface area contributed by atoms with Crippen molar-refractivity contribution in [3.63, 3.8) is 0 Å². The highest BCUT2D eigenvalue weighted by atomic mass is 19.4. The number of fused-ring (bicyclic) bond motifs is 1. The summed E-state index contributed by atoms with van der Waals surface area (Å²) in [6.45, 7) is 1.86. The summed E-state index contributed by atoms with van der Waals surface area (Å²) >= 11 is 0. The molecule has 0 spiro atoms. The van der Waals surface area contributed by atoms with Crippen molar-refractivity contribution in [1.29, 1.82) is 0 Å². The fourth-order valence-electron chi connectivity index (χ4n) is 2.14. The van der Waals surface area contributed by atoms with Crippen LogP contribution in [0.5, 0.6) is 0 Å². The van der Waals surface area contributed by atoms with Crippen molar-refractivity contribution in [3.05, 3.63) is 23.8 Å². The Bertz CT molecular complexity index is 485. The van der Waals surface area contributed by atoms with Crippen LogP contribution < -0.4 is 10.2 Å². The Balaban J connectivity index is 2.45. The molecule has 2 rings (SSSR count). The van der Waals surface area contributed by atoms with Crippen LogP contribution in [0.2, 0.25) is 0 Å². The molecule has 0 bridgehead atoms. The summed E-state index contributed by atoms with van der Waals surface area (Å²) in [5.41, 5.74) is 0.0568. The molecule has 0 aromatic heterocycles. The van der Waals surface area contributed by atoms with Crippen molar-refractivity contribution in [3.8, 4) is 0 Å². The molecular formula is C12H13F3N2O. The summed E-state index contributed by atoms with van der Waals surface area (Å²) in [4.78, 5) is 13.4. The van der Waals surface area contributed by atoms with Crippen LogP contribution in [0.15, 0.2) is 18.2 Å². The van der Waals surface area contributed by atoms with Gasteiger partial charge in [-0.1, -0.05) is 6.92 Å². The van der Waals surface area contributed by atoms with Gasteiger partial charge in [0, 0.05) is 7.05 Å². The average molecular weight is 258 g/mol. The molecule has 0 fully saturated rings. The highest BCUT2D eigenvalue weighted by Crippen LogP contribution is 2.37. The maximum Gasteiger partial charge on any atom is 0.416 e. The molecule has 0 aliphatic carbocycles. The number of halogens is 3. The van der Waals surface area contributed by atoms with E-state index < -0.39 is 11.7 Å². The van der Waals surface area contributed by atoms with Crippen LogP contribution in [0.1, 0.15) is 18.9 Å². The van der Waals surface area contributed by atoms with E-state index in [0.29, 0.717) is 12.1 Å². The van der Waals surface area contributed by atoms with Gasteiger partial charge in [-0.15, -0.1) is 0 Å². The molecule has 1 atom stereocenters. The fourth-order valence-corrected chi connectivity index (χ4v) is 2.14. The highest BCUT2D eigenvalue weighted by Gasteiger charge is 2.34. The second-order valence-corrected chi connectivity index (χ2v) is 4.25. The van der Waals surface area contributed by atoms with Gasteiger partial charge in [0.15, 0.2) is 0 Å². The number of alkyl halides is 3. The van der Waals surface area contributed by atoms with Crippen molar-refractivity contribution in [2.75, 3.05) is 17.3 Å². The lowest BCUT2D eigenvalue weighted by molar-refractivity contribution is -0.137. The quantitative estimate of drug-likeness (QED) is 0.840. The normalized spacial score (nSPS) is 19.5. The lowest BCUT2D eigenvalue weighted by Gasteiger charge is -2.35. The molecule has 1 aromatic carbocycles. The number of likely N-dealkylation sites (N-methyl/N-ethyl adjacent to an activating group) is 1. The molecule has 1 aliphatic rings. The Morgan fingerprint density at radius 1 is 1.39 bits per heavy atom. The molecule has 1 amide bonds. The molecular weight excluding hydrogens is 245 g/mol. The summed E-state index contributed by atoms with van der Waals surface area (Å²) in [5, 5.41) is 2.52. The van der Waals surface area contributed by atoms with Crippen LogP contribution in [0.4, 0.5) is 24.5 Å². The zero-order valence-corrected chi connectivity index (χ0v) is 10.0. The predicted molar refractivity (Wildman–Crippen MR) is 62.6 cm³/mol. The van der Waals surface area contributed by atoms with E-state index in [9.17, 15) is 18.0 Å². The van der Waals surface area contributed by atoms with Gasteiger partial charge in [0.25, 0.3) is 0 Å². The third kappa shape index (κ3) is 2.02. The largest absolute Gasteiger partial charge is 0.416 e. The number of anilines is 2. The van der Waals surface area contributed by atoms with E-state index in [1.807, 2.05) is 6.92 Å². The van der Waals surface area contributed by atoms with Gasteiger partial charge in [0.05, 0.1) is 16.9 Å². The number of amides is 1. The molecule has 18 heavy (non-hydrogen) atoms. The lowest BCUT2D eigenvalue weighted by atomic mass is 10.0. The van der Waals surface area contributed by atoms with Crippen molar-refractivity contribution >= 4 is 17.3 Å². The SMILES string of the molecule is CCC1C(=O)Nc2cc(C(F)(F)F)ccc2N1C. The monoisotopic (exact) mass is 258 g/mol. The minimum Gasteiger partial charge on any atom is -0.361 e. The second-order valence-electron chi connectivity index (χ2n) is 4.25. The first-order valence-corrected chi connectivity index (χ1v) is 5.59. The molecule has 1 heterocycles. The fraction of sp³-hybridized carbons (Fsp3) is 0.417. The molecule has 3 nitrogen and oxygen atoms in total. The maximum absolute atomic E-state index is 12.6. The smallest absolute Gasteiger partial charge is 0.361 e. The van der Waals surface area contributed by atoms with Gasteiger partial charge in [-0.3, -0.25) is 4.79 Å². The zero-order valence-electron chi connectivity index (χ0n) is 10.0. The van der Waals surface area contributed by atoms with Gasteiger partial charge in [-0.25, -0.2) is 0 Å². The average Bonchev–Trinajstić information content (AvgIpc) is 2.27. The van der Waals surface area contributed by atoms with Crippen LogP contribution in [0.25, 0.3) is 0 Å². The van der Waals surface area contributed by atoms with Gasteiger partial charge in [0.1, 0.15) is 6.04 Å². The standard InChI is InChI=1S/C12H13F3N2O/c1-3-9-11(18)16-8-6-7(12(13,14)15)4-5-10(8)17(9)2/h4-6,9H,3H2,1-2H3,(H,16,18). The third-order valence-electron chi connectivity index (χ3n) is 3.12. The number of hydrogen-bond donors (Lipinski definition) is 1. The van der Waals surface area contributed by atoms with Gasteiger partial charge >= 0.3 is 6.18 Å². The van der Waals surface area contributed by atoms with Crippen LogP contribution in [0, 0.1) is 0 Å². The number of carbonyl (C=O) groups excluding carboxylic acids is 1. The van der Waals surface area contributed by atoms with E-state index in [0.717, 1.165) is 12.1 Å². The first-order valence-electron chi connectivity index (χ1n) is 5.59. The maximum atomic E-state index is 12.6. The van der Waals surface area contributed by atoms with Gasteiger partial charge < -0.3 is 10.2 Å². The molecule has 0 saturated carbocycles. The number of rotatable bonds is 1. The number of carbonyl (C=O) groups is 1. The molecule has 0 radical (unpaired) electrons. The Labute approximate surface area is 103 Å². The van der Waals surface area contributed by atoms with Gasteiger partial charge in [0.2, 0.25) is 5.91 Å². The van der Waals surface area contributed by atoms with E-state index in [4.69, 9.17) is 0 Å². The summed E-state index contributed by atoms with van der Waals surface area (Å²) in [6, 6.07) is 3.05. The molecule has 1 unspecified atom stereocenters. The Kier molecular flexibility index (Phi) is 2.96. The van der Waals surface area contributed by atoms with Crippen LogP contribution in [-0.2, 0) is 11.0 Å². The van der Waals surface area contributed by atoms with Crippen molar-refractivity contribution < 1.29 is 18.0 Å². The Morgan fingerprint density at radius 2 is 2.06 bits per heavy atom. The van der Waals surface area contributed by atoms with E-state index in [2.05, 4.69) is 5.32 Å². The topological polar surface area (TPSA) is 32.3 Å². The number of nitrogens with one attached hydrogen (secondary N) is 1. The lowest BCUT2D eigenvalue weighted by Crippen LogP contribution is -2.45. The molecule has 1 aliphatic heterocycles. The number of hydrogen-bond acceptors (Lipinski definition) is 2. The van der Waals surface area contributed by atoms with Crippen LogP contribution >= 0.6 is 0 Å². The minimum atomic E-state index is -4.40. The third-order valence-corrected chi connectivity index (χ3v) is 3.12. The van der Waals surface area contributed by atoms with Gasteiger partial charge in [-0.05, 0) is 24.6 Å². The Hall–Kier alpha value is -1.72. The molecule has 0 saturated heterocycles. The summed E-state index contributed by atoms with van der Waals surface area (Å²) in [6.07, 6.45) is -3.80. The minimum absolute atomic E-state index is 0.210. The van der Waals surface area contributed by atoms with Crippen molar-refractivity contribution in [2.24, 2.45) is 0 Å². The van der Waals surface area contributed by atoms with E-state index >= 15 is 0 Å². The number of benzene rings is 1. The van der Waals surface area contributed by atoms with Crippen molar-refractivity contribution in [1.82, 2.24) is 0 Å². The van der Waals surface area contributed by atoms with E-state index in [1.165, 1.54) is 6.07 Å². The summed E-state index contributed by atoms with van der Waals surface area (Å²) < 4.78 is 37.7. The zero-order chi connectivity index (χ0) is 13.5. The van der Waals surface area contributed by atoms with Crippen LogP contribution in [0.3, 0.4) is 0 Å².